The van der Waals surface area contributed by atoms with Gasteiger partial charge in [0.25, 0.3) is 0 Å². The van der Waals surface area contributed by atoms with E-state index in [9.17, 15) is 8.78 Å². The minimum atomic E-state index is -0.557. The lowest BCUT2D eigenvalue weighted by Crippen LogP contribution is -2.36. The molecule has 2 nitrogen and oxygen atoms in total. The molecule has 2 heterocycles. The molecule has 1 aromatic carbocycles. The van der Waals surface area contributed by atoms with Crippen molar-refractivity contribution in [2.24, 2.45) is 0 Å². The quantitative estimate of drug-likeness (QED) is 0.832. The summed E-state index contributed by atoms with van der Waals surface area (Å²) in [7, 11) is 0. The number of nitrogens with zero attached hydrogens (tertiary/aromatic N) is 2. The molecule has 1 aliphatic rings. The first kappa shape index (κ1) is 14.6. The zero-order chi connectivity index (χ0) is 14.8. The Morgan fingerprint density at radius 1 is 1.29 bits per heavy atom. The van der Waals surface area contributed by atoms with Gasteiger partial charge in [-0.2, -0.15) is 0 Å². The van der Waals surface area contributed by atoms with Gasteiger partial charge in [0.1, 0.15) is 16.6 Å². The standard InChI is InChI=1S/C16H18F2N2S/c1-11-5-2-3-8-20(11)9-15-19-14(10-21-15)16-12(17)6-4-7-13(16)18/h4,6-7,10-11H,2-3,5,8-9H2,1H3/t11-/m0/s1. The van der Waals surface area contributed by atoms with Crippen LogP contribution >= 0.6 is 11.3 Å². The molecule has 1 atom stereocenters. The van der Waals surface area contributed by atoms with Crippen LogP contribution in [0.5, 0.6) is 0 Å². The molecule has 1 aliphatic heterocycles. The Morgan fingerprint density at radius 2 is 2.05 bits per heavy atom. The van der Waals surface area contributed by atoms with Crippen molar-refractivity contribution in [1.29, 1.82) is 0 Å². The summed E-state index contributed by atoms with van der Waals surface area (Å²) in [6, 6.07) is 4.46. The number of likely N-dealkylation sites (tertiary alicyclic amines) is 1. The third-order valence-corrected chi connectivity index (χ3v) is 4.88. The van der Waals surface area contributed by atoms with Crippen LogP contribution in [0.2, 0.25) is 0 Å². The number of hydrogen-bond donors (Lipinski definition) is 0. The largest absolute Gasteiger partial charge is 0.294 e. The molecule has 0 radical (unpaired) electrons. The number of thiazole rings is 1. The highest BCUT2D eigenvalue weighted by molar-refractivity contribution is 7.09. The topological polar surface area (TPSA) is 16.1 Å². The van der Waals surface area contributed by atoms with Crippen molar-refractivity contribution >= 4 is 11.3 Å². The van der Waals surface area contributed by atoms with E-state index in [0.717, 1.165) is 18.1 Å². The summed E-state index contributed by atoms with van der Waals surface area (Å²) in [6.45, 7) is 4.07. The van der Waals surface area contributed by atoms with Gasteiger partial charge in [0.2, 0.25) is 0 Å². The van der Waals surface area contributed by atoms with Crippen molar-refractivity contribution in [2.75, 3.05) is 6.54 Å². The lowest BCUT2D eigenvalue weighted by atomic mass is 10.0. The molecule has 2 aromatic rings. The lowest BCUT2D eigenvalue weighted by molar-refractivity contribution is 0.152. The van der Waals surface area contributed by atoms with Crippen molar-refractivity contribution in [1.82, 2.24) is 9.88 Å². The van der Waals surface area contributed by atoms with E-state index in [2.05, 4.69) is 16.8 Å². The zero-order valence-electron chi connectivity index (χ0n) is 12.0. The molecule has 0 saturated carbocycles. The molecule has 0 spiro atoms. The third kappa shape index (κ3) is 3.14. The normalized spacial score (nSPS) is 19.9. The summed E-state index contributed by atoms with van der Waals surface area (Å²) in [5, 5.41) is 2.66. The van der Waals surface area contributed by atoms with E-state index < -0.39 is 11.6 Å². The first-order chi connectivity index (χ1) is 10.1. The van der Waals surface area contributed by atoms with Crippen LogP contribution in [0, 0.1) is 11.6 Å². The number of piperidine rings is 1. The van der Waals surface area contributed by atoms with Gasteiger partial charge in [-0.3, -0.25) is 4.90 Å². The molecule has 5 heteroatoms. The summed E-state index contributed by atoms with van der Waals surface area (Å²) in [4.78, 5) is 6.82. The van der Waals surface area contributed by atoms with E-state index in [1.54, 1.807) is 5.38 Å². The minimum absolute atomic E-state index is 0.0216. The van der Waals surface area contributed by atoms with E-state index >= 15 is 0 Å². The highest BCUT2D eigenvalue weighted by Gasteiger charge is 2.20. The van der Waals surface area contributed by atoms with E-state index in [0.29, 0.717) is 11.7 Å². The van der Waals surface area contributed by atoms with Gasteiger partial charge in [-0.15, -0.1) is 11.3 Å². The van der Waals surface area contributed by atoms with E-state index in [1.165, 1.54) is 48.8 Å². The van der Waals surface area contributed by atoms with Crippen LogP contribution in [-0.4, -0.2) is 22.5 Å². The Bertz CT molecular complexity index is 606. The molecule has 1 saturated heterocycles. The maximum Gasteiger partial charge on any atom is 0.135 e. The maximum atomic E-state index is 13.8. The van der Waals surface area contributed by atoms with Gasteiger partial charge in [0.15, 0.2) is 0 Å². The molecule has 0 N–H and O–H groups in total. The number of aromatic nitrogens is 1. The number of rotatable bonds is 3. The molecular formula is C16H18F2N2S. The Balaban J connectivity index is 1.80. The number of hydrogen-bond acceptors (Lipinski definition) is 3. The van der Waals surface area contributed by atoms with Crippen LogP contribution in [0.3, 0.4) is 0 Å². The fourth-order valence-corrected chi connectivity index (χ4v) is 3.62. The van der Waals surface area contributed by atoms with Crippen LogP contribution in [0.4, 0.5) is 8.78 Å². The first-order valence-electron chi connectivity index (χ1n) is 7.28. The van der Waals surface area contributed by atoms with Gasteiger partial charge >= 0.3 is 0 Å². The Hall–Kier alpha value is -1.33. The first-order valence-corrected chi connectivity index (χ1v) is 8.16. The fourth-order valence-electron chi connectivity index (χ4n) is 2.81. The van der Waals surface area contributed by atoms with E-state index in [4.69, 9.17) is 0 Å². The summed E-state index contributed by atoms with van der Waals surface area (Å²) >= 11 is 1.47. The fraction of sp³-hybridized carbons (Fsp3) is 0.438. The predicted octanol–water partition coefficient (Wildman–Crippen LogP) is 4.46. The molecule has 3 rings (SSSR count). The van der Waals surface area contributed by atoms with E-state index in [1.807, 2.05) is 0 Å². The summed E-state index contributed by atoms with van der Waals surface area (Å²) in [6.07, 6.45) is 3.70. The third-order valence-electron chi connectivity index (χ3n) is 4.05. The van der Waals surface area contributed by atoms with Gasteiger partial charge in [-0.05, 0) is 38.4 Å². The molecule has 0 aliphatic carbocycles. The second kappa shape index (κ2) is 6.20. The Kier molecular flexibility index (Phi) is 4.31. The maximum absolute atomic E-state index is 13.8. The minimum Gasteiger partial charge on any atom is -0.294 e. The monoisotopic (exact) mass is 308 g/mol. The van der Waals surface area contributed by atoms with Crippen molar-refractivity contribution in [2.45, 2.75) is 38.8 Å². The molecule has 21 heavy (non-hydrogen) atoms. The van der Waals surface area contributed by atoms with Crippen LogP contribution < -0.4 is 0 Å². The molecule has 0 amide bonds. The van der Waals surface area contributed by atoms with Crippen molar-refractivity contribution in [3.8, 4) is 11.3 Å². The number of halogens is 2. The van der Waals surface area contributed by atoms with E-state index in [-0.39, 0.29) is 5.56 Å². The van der Waals surface area contributed by atoms with Gasteiger partial charge in [0, 0.05) is 11.4 Å². The molecule has 0 unspecified atom stereocenters. The molecule has 1 fully saturated rings. The lowest BCUT2D eigenvalue weighted by Gasteiger charge is -2.32. The number of benzene rings is 1. The van der Waals surface area contributed by atoms with Crippen LogP contribution in [-0.2, 0) is 6.54 Å². The molecule has 1 aromatic heterocycles. The van der Waals surface area contributed by atoms with Crippen molar-refractivity contribution < 1.29 is 8.78 Å². The zero-order valence-corrected chi connectivity index (χ0v) is 12.8. The smallest absolute Gasteiger partial charge is 0.135 e. The second-order valence-electron chi connectivity index (χ2n) is 5.54. The second-order valence-corrected chi connectivity index (χ2v) is 6.48. The van der Waals surface area contributed by atoms with Gasteiger partial charge < -0.3 is 0 Å². The van der Waals surface area contributed by atoms with Gasteiger partial charge in [-0.1, -0.05) is 12.5 Å². The SMILES string of the molecule is C[C@H]1CCCCN1Cc1nc(-c2c(F)cccc2F)cs1. The summed E-state index contributed by atoms with van der Waals surface area (Å²) in [5.74, 6) is -1.11. The van der Waals surface area contributed by atoms with Crippen molar-refractivity contribution in [3.05, 3.63) is 40.2 Å². The highest BCUT2D eigenvalue weighted by atomic mass is 32.1. The van der Waals surface area contributed by atoms with Crippen LogP contribution in [0.15, 0.2) is 23.6 Å². The van der Waals surface area contributed by atoms with Gasteiger partial charge in [0.05, 0.1) is 17.8 Å². The van der Waals surface area contributed by atoms with Crippen LogP contribution in [0.25, 0.3) is 11.3 Å². The average molecular weight is 308 g/mol. The molecule has 112 valence electrons. The molecule has 0 bridgehead atoms. The highest BCUT2D eigenvalue weighted by Crippen LogP contribution is 2.28. The van der Waals surface area contributed by atoms with Gasteiger partial charge in [-0.25, -0.2) is 13.8 Å². The summed E-state index contributed by atoms with van der Waals surface area (Å²) < 4.78 is 27.6. The van der Waals surface area contributed by atoms with Crippen molar-refractivity contribution in [3.63, 3.8) is 0 Å². The Morgan fingerprint density at radius 3 is 2.76 bits per heavy atom. The van der Waals surface area contributed by atoms with Crippen LogP contribution in [0.1, 0.15) is 31.2 Å². The average Bonchev–Trinajstić information content (AvgIpc) is 2.89. The molecular weight excluding hydrogens is 290 g/mol. The predicted molar refractivity (Wildman–Crippen MR) is 81.2 cm³/mol. The Labute approximate surface area is 127 Å². The summed E-state index contributed by atoms with van der Waals surface area (Å²) in [5.41, 5.74) is 0.377.